The molecule has 1 amide bonds. The fraction of sp³-hybridized carbons (Fsp3) is 0.588. The van der Waals surface area contributed by atoms with Crippen molar-refractivity contribution in [2.24, 2.45) is 0 Å². The largest absolute Gasteiger partial charge is 0.495 e. The second-order valence-electron chi connectivity index (χ2n) is 5.76. The van der Waals surface area contributed by atoms with Crippen LogP contribution in [0.1, 0.15) is 26.2 Å². The van der Waals surface area contributed by atoms with Crippen molar-refractivity contribution in [2.75, 3.05) is 38.6 Å². The standard InChI is InChI=1S/C17H26ClN3O2.2ClH/c1-3-10-21(14-6-8-19-12-14)17(22)7-9-20-15-11-13(18)4-5-16(15)23-2;;/h4-5,11,14,19-20H,3,6-10,12H2,1-2H3;2*1H. The van der Waals surface area contributed by atoms with Crippen LogP contribution in [-0.2, 0) is 4.79 Å². The number of rotatable bonds is 8. The molecule has 0 spiro atoms. The predicted octanol–water partition coefficient (Wildman–Crippen LogP) is 3.59. The summed E-state index contributed by atoms with van der Waals surface area (Å²) in [6.07, 6.45) is 2.49. The molecule has 0 bridgehead atoms. The van der Waals surface area contributed by atoms with E-state index in [2.05, 4.69) is 17.6 Å². The van der Waals surface area contributed by atoms with E-state index in [9.17, 15) is 4.79 Å². The molecule has 1 atom stereocenters. The van der Waals surface area contributed by atoms with Gasteiger partial charge in [-0.05, 0) is 37.6 Å². The Morgan fingerprint density at radius 2 is 2.20 bits per heavy atom. The van der Waals surface area contributed by atoms with E-state index < -0.39 is 0 Å². The first-order chi connectivity index (χ1) is 11.2. The van der Waals surface area contributed by atoms with Gasteiger partial charge in [0.25, 0.3) is 0 Å². The van der Waals surface area contributed by atoms with Gasteiger partial charge >= 0.3 is 0 Å². The molecular formula is C17H28Cl3N3O2. The molecule has 1 saturated heterocycles. The van der Waals surface area contributed by atoms with Gasteiger partial charge in [0.1, 0.15) is 5.75 Å². The molecule has 0 aromatic heterocycles. The van der Waals surface area contributed by atoms with E-state index in [1.807, 2.05) is 17.0 Å². The molecule has 25 heavy (non-hydrogen) atoms. The number of amides is 1. The number of nitrogens with zero attached hydrogens (tertiary/aromatic N) is 1. The van der Waals surface area contributed by atoms with E-state index in [4.69, 9.17) is 16.3 Å². The molecule has 2 N–H and O–H groups in total. The highest BCUT2D eigenvalue weighted by molar-refractivity contribution is 6.30. The molecule has 144 valence electrons. The minimum atomic E-state index is 0. The molecule has 8 heteroatoms. The second-order valence-corrected chi connectivity index (χ2v) is 6.19. The fourth-order valence-corrected chi connectivity index (χ4v) is 3.10. The normalized spacial score (nSPS) is 15.7. The third kappa shape index (κ3) is 7.10. The highest BCUT2D eigenvalue weighted by Gasteiger charge is 2.25. The Morgan fingerprint density at radius 3 is 2.80 bits per heavy atom. The summed E-state index contributed by atoms with van der Waals surface area (Å²) in [6.45, 7) is 5.40. The lowest BCUT2D eigenvalue weighted by atomic mass is 10.2. The van der Waals surface area contributed by atoms with Crippen LogP contribution in [-0.4, -0.2) is 50.1 Å². The lowest BCUT2D eigenvalue weighted by Crippen LogP contribution is -2.42. The average molecular weight is 413 g/mol. The third-order valence-corrected chi connectivity index (χ3v) is 4.31. The SMILES string of the molecule is CCCN(C(=O)CCNc1cc(Cl)ccc1OC)C1CCNC1.Cl.Cl. The maximum Gasteiger partial charge on any atom is 0.224 e. The first kappa shape index (κ1) is 24.1. The molecule has 2 rings (SSSR count). The summed E-state index contributed by atoms with van der Waals surface area (Å²) in [6, 6.07) is 5.76. The summed E-state index contributed by atoms with van der Waals surface area (Å²) in [5, 5.41) is 7.22. The maximum absolute atomic E-state index is 12.5. The van der Waals surface area contributed by atoms with Gasteiger partial charge in [0, 0.05) is 37.1 Å². The highest BCUT2D eigenvalue weighted by Crippen LogP contribution is 2.27. The Kier molecular flexibility index (Phi) is 12.0. The zero-order chi connectivity index (χ0) is 16.7. The predicted molar refractivity (Wildman–Crippen MR) is 109 cm³/mol. The molecule has 1 heterocycles. The van der Waals surface area contributed by atoms with Crippen LogP contribution in [0.2, 0.25) is 5.02 Å². The van der Waals surface area contributed by atoms with Gasteiger partial charge < -0.3 is 20.3 Å². The van der Waals surface area contributed by atoms with Crippen molar-refractivity contribution in [1.29, 1.82) is 0 Å². The minimum Gasteiger partial charge on any atom is -0.495 e. The van der Waals surface area contributed by atoms with Crippen molar-refractivity contribution in [3.8, 4) is 5.75 Å². The summed E-state index contributed by atoms with van der Waals surface area (Å²) in [4.78, 5) is 14.6. The number of carbonyl (C=O) groups is 1. The maximum atomic E-state index is 12.5. The molecular weight excluding hydrogens is 385 g/mol. The van der Waals surface area contributed by atoms with Gasteiger partial charge in [0.2, 0.25) is 5.91 Å². The van der Waals surface area contributed by atoms with Crippen molar-refractivity contribution in [3.63, 3.8) is 0 Å². The minimum absolute atomic E-state index is 0. The van der Waals surface area contributed by atoms with Gasteiger partial charge in [0.15, 0.2) is 0 Å². The smallest absolute Gasteiger partial charge is 0.224 e. The number of benzene rings is 1. The third-order valence-electron chi connectivity index (χ3n) is 4.08. The molecule has 5 nitrogen and oxygen atoms in total. The molecule has 1 unspecified atom stereocenters. The Bertz CT molecular complexity index is 526. The van der Waals surface area contributed by atoms with E-state index in [0.717, 1.165) is 43.9 Å². The van der Waals surface area contributed by atoms with Crippen LogP contribution < -0.4 is 15.4 Å². The molecule has 1 aromatic carbocycles. The van der Waals surface area contributed by atoms with Crippen molar-refractivity contribution in [3.05, 3.63) is 23.2 Å². The second kappa shape index (κ2) is 12.5. The molecule has 1 fully saturated rings. The average Bonchev–Trinajstić information content (AvgIpc) is 3.06. The zero-order valence-corrected chi connectivity index (χ0v) is 17.1. The first-order valence-corrected chi connectivity index (χ1v) is 8.61. The van der Waals surface area contributed by atoms with Crippen molar-refractivity contribution in [1.82, 2.24) is 10.2 Å². The summed E-state index contributed by atoms with van der Waals surface area (Å²) in [5.41, 5.74) is 0.817. The molecule has 1 aliphatic rings. The number of ether oxygens (including phenoxy) is 1. The lowest BCUT2D eigenvalue weighted by molar-refractivity contribution is -0.132. The number of carbonyl (C=O) groups excluding carboxylic acids is 1. The molecule has 0 radical (unpaired) electrons. The summed E-state index contributed by atoms with van der Waals surface area (Å²) in [7, 11) is 1.62. The van der Waals surface area contributed by atoms with E-state index >= 15 is 0 Å². The molecule has 0 aliphatic carbocycles. The van der Waals surface area contributed by atoms with Crippen LogP contribution in [0.25, 0.3) is 0 Å². The monoisotopic (exact) mass is 411 g/mol. The van der Waals surface area contributed by atoms with Crippen LogP contribution in [0.4, 0.5) is 5.69 Å². The van der Waals surface area contributed by atoms with Crippen LogP contribution in [0.15, 0.2) is 18.2 Å². The van der Waals surface area contributed by atoms with E-state index in [-0.39, 0.29) is 30.7 Å². The first-order valence-electron chi connectivity index (χ1n) is 8.23. The summed E-state index contributed by atoms with van der Waals surface area (Å²) in [5.74, 6) is 0.932. The van der Waals surface area contributed by atoms with Gasteiger partial charge in [-0.15, -0.1) is 24.8 Å². The number of hydrogen-bond donors (Lipinski definition) is 2. The van der Waals surface area contributed by atoms with Crippen LogP contribution in [0.5, 0.6) is 5.75 Å². The van der Waals surface area contributed by atoms with Crippen molar-refractivity contribution in [2.45, 2.75) is 32.2 Å². The number of methoxy groups -OCH3 is 1. The van der Waals surface area contributed by atoms with Crippen LogP contribution in [0.3, 0.4) is 0 Å². The quantitative estimate of drug-likeness (QED) is 0.685. The van der Waals surface area contributed by atoms with Crippen molar-refractivity contribution >= 4 is 48.0 Å². The number of anilines is 1. The number of nitrogens with one attached hydrogen (secondary N) is 2. The Morgan fingerprint density at radius 1 is 1.44 bits per heavy atom. The Labute approximate surface area is 167 Å². The van der Waals surface area contributed by atoms with Gasteiger partial charge in [0.05, 0.1) is 12.8 Å². The van der Waals surface area contributed by atoms with Crippen molar-refractivity contribution < 1.29 is 9.53 Å². The number of hydrogen-bond acceptors (Lipinski definition) is 4. The van der Waals surface area contributed by atoms with Crippen LogP contribution in [0, 0.1) is 0 Å². The summed E-state index contributed by atoms with van der Waals surface area (Å²) >= 11 is 6.02. The molecule has 1 aliphatic heterocycles. The topological polar surface area (TPSA) is 53.6 Å². The van der Waals surface area contributed by atoms with Gasteiger partial charge in [-0.3, -0.25) is 4.79 Å². The van der Waals surface area contributed by atoms with Gasteiger partial charge in [-0.25, -0.2) is 0 Å². The van der Waals surface area contributed by atoms with Crippen LogP contribution >= 0.6 is 36.4 Å². The fourth-order valence-electron chi connectivity index (χ4n) is 2.92. The summed E-state index contributed by atoms with van der Waals surface area (Å²) < 4.78 is 5.30. The number of halogens is 3. The lowest BCUT2D eigenvalue weighted by Gasteiger charge is -2.28. The van der Waals surface area contributed by atoms with E-state index in [1.54, 1.807) is 13.2 Å². The van der Waals surface area contributed by atoms with E-state index in [1.165, 1.54) is 0 Å². The zero-order valence-electron chi connectivity index (χ0n) is 14.7. The van der Waals surface area contributed by atoms with Gasteiger partial charge in [-0.2, -0.15) is 0 Å². The molecule has 0 saturated carbocycles. The molecule has 1 aromatic rings. The Balaban J connectivity index is 0.00000288. The van der Waals surface area contributed by atoms with Gasteiger partial charge in [-0.1, -0.05) is 18.5 Å². The van der Waals surface area contributed by atoms with E-state index in [0.29, 0.717) is 24.0 Å². The highest BCUT2D eigenvalue weighted by atomic mass is 35.5. The Hall–Kier alpha value is -0.880.